The molecule has 0 saturated heterocycles. The number of likely N-dealkylation sites (N-methyl/N-ethyl adjacent to an activating group) is 1. The molecule has 198 valence electrons. The number of benzene rings is 3. The summed E-state index contributed by atoms with van der Waals surface area (Å²) in [5, 5.41) is 5.14. The van der Waals surface area contributed by atoms with Crippen molar-refractivity contribution in [3.8, 4) is 5.75 Å². The number of methoxy groups -OCH3 is 1. The molecule has 0 bridgehead atoms. The Labute approximate surface area is 221 Å². The first kappa shape index (κ1) is 26.7. The van der Waals surface area contributed by atoms with Crippen molar-refractivity contribution >= 4 is 39.2 Å². The zero-order chi connectivity index (χ0) is 27.4. The summed E-state index contributed by atoms with van der Waals surface area (Å²) in [6, 6.07) is 18.6. The topological polar surface area (TPSA) is 125 Å². The fourth-order valence-corrected chi connectivity index (χ4v) is 5.62. The molecule has 1 heterocycles. The Hall–Kier alpha value is -4.38. The molecule has 11 heteroatoms. The van der Waals surface area contributed by atoms with Crippen molar-refractivity contribution < 1.29 is 27.5 Å². The third-order valence-corrected chi connectivity index (χ3v) is 7.94. The Kier molecular flexibility index (Phi) is 7.67. The molecule has 1 atom stereocenters. The molecular weight excluding hydrogens is 508 g/mol. The maximum atomic E-state index is 13.5. The summed E-state index contributed by atoms with van der Waals surface area (Å²) in [4.78, 5) is 40.5. The number of carbonyl (C=O) groups excluding carboxylic acids is 3. The first-order chi connectivity index (χ1) is 18.1. The van der Waals surface area contributed by atoms with Crippen molar-refractivity contribution in [2.24, 2.45) is 0 Å². The van der Waals surface area contributed by atoms with Gasteiger partial charge in [0.05, 0.1) is 12.8 Å². The number of aryl methyl sites for hydroxylation is 1. The molecule has 0 spiro atoms. The predicted molar refractivity (Wildman–Crippen MR) is 143 cm³/mol. The molecule has 4 rings (SSSR count). The molecule has 3 aromatic carbocycles. The van der Waals surface area contributed by atoms with E-state index in [9.17, 15) is 22.8 Å². The molecule has 4 amide bonds. The number of hydrogen-bond acceptors (Lipinski definition) is 6. The first-order valence-corrected chi connectivity index (χ1v) is 13.2. The Morgan fingerprint density at radius 2 is 1.74 bits per heavy atom. The van der Waals surface area contributed by atoms with E-state index in [2.05, 4.69) is 10.6 Å². The lowest BCUT2D eigenvalue weighted by molar-refractivity contribution is -0.127. The molecular formula is C27H28N4O6S. The first-order valence-electron chi connectivity index (χ1n) is 11.8. The highest BCUT2D eigenvalue weighted by atomic mass is 32.2. The number of anilines is 2. The van der Waals surface area contributed by atoms with Crippen molar-refractivity contribution in [1.29, 1.82) is 0 Å². The lowest BCUT2D eigenvalue weighted by Gasteiger charge is -2.29. The smallest absolute Gasteiger partial charge is 0.336 e. The van der Waals surface area contributed by atoms with Crippen LogP contribution in [-0.2, 0) is 26.0 Å². The van der Waals surface area contributed by atoms with Crippen LogP contribution in [0.4, 0.5) is 16.2 Å². The molecule has 2 N–H and O–H groups in total. The van der Waals surface area contributed by atoms with Gasteiger partial charge in [0.25, 0.3) is 10.0 Å². The summed E-state index contributed by atoms with van der Waals surface area (Å²) >= 11 is 0. The van der Waals surface area contributed by atoms with Gasteiger partial charge in [-0.15, -0.1) is 0 Å². The van der Waals surface area contributed by atoms with E-state index in [1.807, 2.05) is 30.3 Å². The van der Waals surface area contributed by atoms with Crippen LogP contribution in [0.1, 0.15) is 11.1 Å². The molecule has 0 radical (unpaired) electrons. The van der Waals surface area contributed by atoms with Crippen LogP contribution >= 0.6 is 0 Å². The number of nitrogens with zero attached hydrogens (tertiary/aromatic N) is 2. The number of rotatable bonds is 8. The number of amides is 4. The van der Waals surface area contributed by atoms with Crippen LogP contribution in [0.15, 0.2) is 77.7 Å². The third-order valence-electron chi connectivity index (χ3n) is 6.17. The van der Waals surface area contributed by atoms with Crippen LogP contribution in [0.2, 0.25) is 0 Å². The standard InChI is InChI=1S/C27H28N4O6S/c1-18-9-14-22-24(15-18)38(35,36)31(27(34)29-22)17-25(32)28-23(16-19-7-5-4-6-8-19)26(33)30(2)20-10-12-21(37-3)13-11-20/h4-15,23H,16-17H2,1-3H3,(H,28,32)(H,29,34)/t23-/m0/s1. The second kappa shape index (κ2) is 10.9. The van der Waals surface area contributed by atoms with E-state index in [4.69, 9.17) is 4.74 Å². The number of fused-ring (bicyclic) bond motifs is 1. The zero-order valence-corrected chi connectivity index (χ0v) is 22.0. The Balaban J connectivity index is 1.56. The van der Waals surface area contributed by atoms with E-state index >= 15 is 0 Å². The van der Waals surface area contributed by atoms with Crippen LogP contribution < -0.4 is 20.3 Å². The fourth-order valence-electron chi connectivity index (χ4n) is 4.10. The third kappa shape index (κ3) is 5.62. The number of carbonyl (C=O) groups is 3. The molecule has 0 unspecified atom stereocenters. The van der Waals surface area contributed by atoms with Crippen LogP contribution in [0.5, 0.6) is 5.75 Å². The zero-order valence-electron chi connectivity index (χ0n) is 21.2. The van der Waals surface area contributed by atoms with Crippen LogP contribution in [0.25, 0.3) is 0 Å². The van der Waals surface area contributed by atoms with Gasteiger partial charge in [0.1, 0.15) is 23.2 Å². The van der Waals surface area contributed by atoms with E-state index in [0.717, 1.165) is 5.56 Å². The van der Waals surface area contributed by atoms with Gasteiger partial charge in [-0.25, -0.2) is 17.5 Å². The molecule has 0 saturated carbocycles. The Morgan fingerprint density at radius 3 is 2.39 bits per heavy atom. The Morgan fingerprint density at radius 1 is 1.05 bits per heavy atom. The van der Waals surface area contributed by atoms with Gasteiger partial charge in [0, 0.05) is 19.2 Å². The van der Waals surface area contributed by atoms with Gasteiger partial charge in [-0.05, 0) is 54.4 Å². The lowest BCUT2D eigenvalue weighted by Crippen LogP contribution is -2.53. The lowest BCUT2D eigenvalue weighted by atomic mass is 10.0. The largest absolute Gasteiger partial charge is 0.497 e. The number of urea groups is 1. The van der Waals surface area contributed by atoms with Gasteiger partial charge in [0.15, 0.2) is 0 Å². The molecule has 1 aliphatic heterocycles. The van der Waals surface area contributed by atoms with E-state index in [0.29, 0.717) is 21.3 Å². The average molecular weight is 537 g/mol. The van der Waals surface area contributed by atoms with E-state index in [1.165, 1.54) is 24.1 Å². The number of ether oxygens (including phenoxy) is 1. The van der Waals surface area contributed by atoms with Crippen LogP contribution in [0, 0.1) is 6.92 Å². The molecule has 0 fully saturated rings. The summed E-state index contributed by atoms with van der Waals surface area (Å²) < 4.78 is 32.0. The van der Waals surface area contributed by atoms with Crippen LogP contribution in [-0.4, -0.2) is 57.3 Å². The number of nitrogens with one attached hydrogen (secondary N) is 2. The van der Waals surface area contributed by atoms with Gasteiger partial charge >= 0.3 is 6.03 Å². The van der Waals surface area contributed by atoms with E-state index in [1.54, 1.807) is 44.3 Å². The van der Waals surface area contributed by atoms with Crippen molar-refractivity contribution in [3.05, 3.63) is 83.9 Å². The SMILES string of the molecule is COc1ccc(N(C)C(=O)[C@H](Cc2ccccc2)NC(=O)CN2C(=O)Nc3ccc(C)cc3S2(=O)=O)cc1. The normalized spacial score (nSPS) is 14.6. The van der Waals surface area contributed by atoms with Gasteiger partial charge in [-0.3, -0.25) is 9.59 Å². The minimum atomic E-state index is -4.28. The Bertz CT molecular complexity index is 1460. The minimum absolute atomic E-state index is 0.0962. The monoisotopic (exact) mass is 536 g/mol. The van der Waals surface area contributed by atoms with Gasteiger partial charge in [0.2, 0.25) is 11.8 Å². The van der Waals surface area contributed by atoms with Crippen molar-refractivity contribution in [3.63, 3.8) is 0 Å². The molecule has 0 aromatic heterocycles. The van der Waals surface area contributed by atoms with Crippen molar-refractivity contribution in [2.45, 2.75) is 24.3 Å². The van der Waals surface area contributed by atoms with E-state index in [-0.39, 0.29) is 17.0 Å². The van der Waals surface area contributed by atoms with Crippen LogP contribution in [0.3, 0.4) is 0 Å². The summed E-state index contributed by atoms with van der Waals surface area (Å²) in [5.74, 6) is -0.585. The molecule has 1 aliphatic rings. The van der Waals surface area contributed by atoms with Gasteiger partial charge in [-0.1, -0.05) is 36.4 Å². The fraction of sp³-hybridized carbons (Fsp3) is 0.222. The van der Waals surface area contributed by atoms with Crippen molar-refractivity contribution in [1.82, 2.24) is 9.62 Å². The molecule has 38 heavy (non-hydrogen) atoms. The predicted octanol–water partition coefficient (Wildman–Crippen LogP) is 2.93. The highest BCUT2D eigenvalue weighted by molar-refractivity contribution is 7.90. The number of sulfonamides is 1. The quantitative estimate of drug-likeness (QED) is 0.456. The van der Waals surface area contributed by atoms with E-state index < -0.39 is 40.5 Å². The minimum Gasteiger partial charge on any atom is -0.497 e. The maximum absolute atomic E-state index is 13.5. The highest BCUT2D eigenvalue weighted by Gasteiger charge is 2.38. The van der Waals surface area contributed by atoms with Crippen molar-refractivity contribution in [2.75, 3.05) is 30.9 Å². The summed E-state index contributed by atoms with van der Waals surface area (Å²) in [6.07, 6.45) is 0.160. The number of hydrogen-bond donors (Lipinski definition) is 2. The second-order valence-corrected chi connectivity index (χ2v) is 10.7. The van der Waals surface area contributed by atoms with Gasteiger partial charge < -0.3 is 20.3 Å². The molecule has 10 nitrogen and oxygen atoms in total. The molecule has 3 aromatic rings. The summed E-state index contributed by atoms with van der Waals surface area (Å²) in [6.45, 7) is 0.939. The maximum Gasteiger partial charge on any atom is 0.336 e. The summed E-state index contributed by atoms with van der Waals surface area (Å²) in [5.41, 5.74) is 2.20. The second-order valence-electron chi connectivity index (χ2n) is 8.85. The van der Waals surface area contributed by atoms with Gasteiger partial charge in [-0.2, -0.15) is 0 Å². The molecule has 0 aliphatic carbocycles. The highest BCUT2D eigenvalue weighted by Crippen LogP contribution is 2.30. The average Bonchev–Trinajstić information content (AvgIpc) is 2.91. The summed E-state index contributed by atoms with van der Waals surface area (Å²) in [7, 11) is -1.16.